The van der Waals surface area contributed by atoms with E-state index in [0.717, 1.165) is 0 Å². The Hall–Kier alpha value is -4.58. The lowest BCUT2D eigenvalue weighted by atomic mass is 9.95. The summed E-state index contributed by atoms with van der Waals surface area (Å²) >= 11 is 7.55. The first kappa shape index (κ1) is 26.6. The van der Waals surface area contributed by atoms with Crippen LogP contribution in [0.3, 0.4) is 0 Å². The van der Waals surface area contributed by atoms with E-state index < -0.39 is 0 Å². The van der Waals surface area contributed by atoms with E-state index in [0.29, 0.717) is 0 Å². The van der Waals surface area contributed by atoms with Crippen LogP contribution in [-0.2, 0) is 0 Å². The molecule has 0 aliphatic carbocycles. The molecule has 0 atom stereocenters. The van der Waals surface area contributed by atoms with E-state index in [-0.39, 0.29) is 0 Å². The lowest BCUT2D eigenvalue weighted by molar-refractivity contribution is 1.70. The van der Waals surface area contributed by atoms with Crippen molar-refractivity contribution in [2.75, 3.05) is 0 Å². The van der Waals surface area contributed by atoms with E-state index in [1.54, 1.807) is 0 Å². The lowest BCUT2D eigenvalue weighted by Gasteiger charge is -2.09. The standard InChI is InChI=1S/C42H24S4/c1-3-7-25(8-4-1)35-19-21-39(43-35)41-23-33-31-13-11-28-27(29(31)15-17-37(33)45-41)12-14-32-30(28)16-18-38-34(32)24-42(46-38)40-22-20-36(44-40)26-9-5-2-6-10-26/h1-24H. The molecule has 0 unspecified atom stereocenters. The van der Waals surface area contributed by atoms with Crippen LogP contribution in [0.1, 0.15) is 0 Å². The van der Waals surface area contributed by atoms with Crippen molar-refractivity contribution in [3.05, 3.63) is 146 Å². The monoisotopic (exact) mass is 656 g/mol. The van der Waals surface area contributed by atoms with Crippen molar-refractivity contribution in [1.29, 1.82) is 0 Å². The van der Waals surface area contributed by atoms with Crippen molar-refractivity contribution < 1.29 is 0 Å². The third-order valence-corrected chi connectivity index (χ3v) is 13.9. The molecule has 0 radical (unpaired) electrons. The molecule has 0 fully saturated rings. The van der Waals surface area contributed by atoms with Crippen LogP contribution in [0.2, 0.25) is 0 Å². The van der Waals surface area contributed by atoms with Gasteiger partial charge < -0.3 is 0 Å². The molecule has 46 heavy (non-hydrogen) atoms. The Labute approximate surface area is 282 Å². The van der Waals surface area contributed by atoms with Crippen LogP contribution in [0.4, 0.5) is 0 Å². The SMILES string of the molecule is c1ccc(-c2ccc(-c3cc4c(ccc5c4ccc4c6ccc7sc(-c8ccc(-c9ccccc9)s8)cc7c6ccc54)s3)s2)cc1. The normalized spacial score (nSPS) is 11.9. The molecule has 216 valence electrons. The summed E-state index contributed by atoms with van der Waals surface area (Å²) < 4.78 is 2.68. The maximum atomic E-state index is 2.40. The van der Waals surface area contributed by atoms with E-state index in [2.05, 4.69) is 146 Å². The van der Waals surface area contributed by atoms with Gasteiger partial charge in [-0.1, -0.05) is 97.1 Å². The molecule has 0 spiro atoms. The zero-order valence-electron chi connectivity index (χ0n) is 24.5. The van der Waals surface area contributed by atoms with Crippen LogP contribution >= 0.6 is 45.3 Å². The highest BCUT2D eigenvalue weighted by Gasteiger charge is 2.15. The average Bonchev–Trinajstić information content (AvgIpc) is 3.93. The number of hydrogen-bond acceptors (Lipinski definition) is 4. The highest BCUT2D eigenvalue weighted by molar-refractivity contribution is 7.27. The summed E-state index contributed by atoms with van der Waals surface area (Å²) in [5.74, 6) is 0. The summed E-state index contributed by atoms with van der Waals surface area (Å²) in [5.41, 5.74) is 2.56. The Morgan fingerprint density at radius 3 is 1.00 bits per heavy atom. The third kappa shape index (κ3) is 4.22. The minimum atomic E-state index is 1.28. The topological polar surface area (TPSA) is 0 Å². The average molecular weight is 657 g/mol. The van der Waals surface area contributed by atoms with Gasteiger partial charge in [0, 0.05) is 49.4 Å². The molecule has 0 aliphatic heterocycles. The maximum absolute atomic E-state index is 2.40. The first-order valence-electron chi connectivity index (χ1n) is 15.3. The van der Waals surface area contributed by atoms with E-state index in [9.17, 15) is 0 Å². The van der Waals surface area contributed by atoms with Gasteiger partial charge in [-0.25, -0.2) is 0 Å². The molecule has 0 saturated heterocycles. The molecule has 4 aromatic heterocycles. The Bertz CT molecular complexity index is 2550. The fourth-order valence-electron chi connectivity index (χ4n) is 6.78. The van der Waals surface area contributed by atoms with Gasteiger partial charge in [-0.15, -0.1) is 45.3 Å². The second-order valence-corrected chi connectivity index (χ2v) is 16.0. The fourth-order valence-corrected chi connectivity index (χ4v) is 11.1. The summed E-state index contributed by atoms with van der Waals surface area (Å²) in [6.45, 7) is 0. The molecule has 0 N–H and O–H groups in total. The quantitative estimate of drug-likeness (QED) is 0.165. The van der Waals surface area contributed by atoms with Crippen LogP contribution in [0.15, 0.2) is 146 Å². The van der Waals surface area contributed by atoms with Gasteiger partial charge in [0.2, 0.25) is 0 Å². The molecule has 0 aliphatic rings. The predicted octanol–water partition coefficient (Wildman–Crippen LogP) is 14.4. The smallest absolute Gasteiger partial charge is 0.0455 e. The van der Waals surface area contributed by atoms with Crippen LogP contribution in [0.5, 0.6) is 0 Å². The van der Waals surface area contributed by atoms with Crippen LogP contribution in [0.25, 0.3) is 92.9 Å². The minimum Gasteiger partial charge on any atom is -0.134 e. The second-order valence-electron chi connectivity index (χ2n) is 11.7. The lowest BCUT2D eigenvalue weighted by Crippen LogP contribution is -1.81. The van der Waals surface area contributed by atoms with Crippen molar-refractivity contribution >= 4 is 97.8 Å². The zero-order chi connectivity index (χ0) is 30.2. The van der Waals surface area contributed by atoms with E-state index in [1.165, 1.54) is 92.9 Å². The second kappa shape index (κ2) is 10.5. The van der Waals surface area contributed by atoms with Gasteiger partial charge in [0.15, 0.2) is 0 Å². The molecule has 4 heteroatoms. The molecule has 10 rings (SSSR count). The number of thiophene rings is 4. The Morgan fingerprint density at radius 1 is 0.239 bits per heavy atom. The maximum Gasteiger partial charge on any atom is 0.0455 e. The van der Waals surface area contributed by atoms with Gasteiger partial charge in [0.25, 0.3) is 0 Å². The van der Waals surface area contributed by atoms with Gasteiger partial charge in [0.1, 0.15) is 0 Å². The van der Waals surface area contributed by atoms with Crippen molar-refractivity contribution in [2.24, 2.45) is 0 Å². The number of hydrogen-bond donors (Lipinski definition) is 0. The van der Waals surface area contributed by atoms with Crippen molar-refractivity contribution in [3.8, 4) is 40.4 Å². The molecular formula is C42H24S4. The summed E-state index contributed by atoms with van der Waals surface area (Å²) in [4.78, 5) is 7.97. The molecule has 0 nitrogen and oxygen atoms in total. The van der Waals surface area contributed by atoms with Gasteiger partial charge >= 0.3 is 0 Å². The van der Waals surface area contributed by atoms with E-state index in [4.69, 9.17) is 0 Å². The molecule has 0 saturated carbocycles. The molecule has 10 aromatic rings. The van der Waals surface area contributed by atoms with Crippen molar-refractivity contribution in [3.63, 3.8) is 0 Å². The Morgan fingerprint density at radius 2 is 0.587 bits per heavy atom. The van der Waals surface area contributed by atoms with E-state index in [1.807, 2.05) is 45.3 Å². The van der Waals surface area contributed by atoms with Crippen LogP contribution < -0.4 is 0 Å². The first-order valence-corrected chi connectivity index (χ1v) is 18.6. The predicted molar refractivity (Wildman–Crippen MR) is 207 cm³/mol. The van der Waals surface area contributed by atoms with Gasteiger partial charge in [-0.2, -0.15) is 0 Å². The summed E-state index contributed by atoms with van der Waals surface area (Å²) in [5, 5.41) is 10.6. The van der Waals surface area contributed by atoms with Gasteiger partial charge in [-0.3, -0.25) is 0 Å². The fraction of sp³-hybridized carbons (Fsp3) is 0. The molecule has 6 aromatic carbocycles. The van der Waals surface area contributed by atoms with Crippen LogP contribution in [0, 0.1) is 0 Å². The summed E-state index contributed by atoms with van der Waals surface area (Å²) in [6, 6.07) is 53.9. The number of benzene rings is 6. The molecule has 4 heterocycles. The van der Waals surface area contributed by atoms with Gasteiger partial charge in [-0.05, 0) is 92.0 Å². The third-order valence-electron chi connectivity index (χ3n) is 9.00. The summed E-state index contributed by atoms with van der Waals surface area (Å²) in [6.07, 6.45) is 0. The zero-order valence-corrected chi connectivity index (χ0v) is 27.8. The molecular weight excluding hydrogens is 633 g/mol. The number of fused-ring (bicyclic) bond motifs is 9. The van der Waals surface area contributed by atoms with E-state index >= 15 is 0 Å². The van der Waals surface area contributed by atoms with Crippen molar-refractivity contribution in [1.82, 2.24) is 0 Å². The highest BCUT2D eigenvalue weighted by atomic mass is 32.1. The van der Waals surface area contributed by atoms with Crippen LogP contribution in [-0.4, -0.2) is 0 Å². The minimum absolute atomic E-state index is 1.28. The number of rotatable bonds is 4. The molecule has 0 bridgehead atoms. The molecule has 0 amide bonds. The highest BCUT2D eigenvalue weighted by Crippen LogP contribution is 2.45. The summed E-state index contributed by atoms with van der Waals surface area (Å²) in [7, 11) is 0. The Balaban J connectivity index is 1.07. The Kier molecular flexibility index (Phi) is 6.06. The van der Waals surface area contributed by atoms with Crippen molar-refractivity contribution in [2.45, 2.75) is 0 Å². The largest absolute Gasteiger partial charge is 0.134 e. The van der Waals surface area contributed by atoms with Gasteiger partial charge in [0.05, 0.1) is 0 Å². The first-order chi connectivity index (χ1) is 22.8.